The third-order valence-corrected chi connectivity index (χ3v) is 7.81. The molecule has 0 unspecified atom stereocenters. The third kappa shape index (κ3) is 6.32. The zero-order chi connectivity index (χ0) is 25.5. The minimum absolute atomic E-state index is 0.0974. The van der Waals surface area contributed by atoms with Crippen LogP contribution in [0.3, 0.4) is 0 Å². The second-order valence-electron chi connectivity index (χ2n) is 9.29. The van der Waals surface area contributed by atoms with Crippen LogP contribution >= 0.6 is 11.3 Å². The zero-order valence-electron chi connectivity index (χ0n) is 21.1. The van der Waals surface area contributed by atoms with Gasteiger partial charge in [0.05, 0.1) is 11.7 Å². The number of carbonyl (C=O) groups excluding carboxylic acids is 2. The van der Waals surface area contributed by atoms with Gasteiger partial charge in [-0.15, -0.1) is 11.3 Å². The second-order valence-corrected chi connectivity index (χ2v) is 10.4. The average molecular weight is 510 g/mol. The van der Waals surface area contributed by atoms with E-state index in [9.17, 15) is 14.4 Å². The van der Waals surface area contributed by atoms with Crippen LogP contribution in [-0.2, 0) is 29.0 Å². The minimum atomic E-state index is -0.299. The fourth-order valence-electron chi connectivity index (χ4n) is 4.70. The molecule has 4 rings (SSSR count). The Bertz CT molecular complexity index is 1280. The first-order valence-corrected chi connectivity index (χ1v) is 13.6. The number of nitrogens with one attached hydrogen (secondary N) is 2. The molecular formula is C27H35N5O3S. The monoisotopic (exact) mass is 509 g/mol. The van der Waals surface area contributed by atoms with E-state index in [0.717, 1.165) is 55.6 Å². The molecule has 0 saturated heterocycles. The Kier molecular flexibility index (Phi) is 8.74. The van der Waals surface area contributed by atoms with E-state index in [2.05, 4.69) is 58.6 Å². The quantitative estimate of drug-likeness (QED) is 0.387. The van der Waals surface area contributed by atoms with Crippen LogP contribution in [0, 0.1) is 6.92 Å². The molecule has 36 heavy (non-hydrogen) atoms. The van der Waals surface area contributed by atoms with Crippen molar-refractivity contribution < 1.29 is 9.59 Å². The summed E-state index contributed by atoms with van der Waals surface area (Å²) in [7, 11) is 0. The molecule has 2 N–H and O–H groups in total. The van der Waals surface area contributed by atoms with E-state index < -0.39 is 0 Å². The number of aromatic nitrogens is 2. The van der Waals surface area contributed by atoms with Crippen molar-refractivity contribution in [2.24, 2.45) is 0 Å². The van der Waals surface area contributed by atoms with E-state index in [1.165, 1.54) is 27.0 Å². The first kappa shape index (κ1) is 25.9. The van der Waals surface area contributed by atoms with Gasteiger partial charge in [-0.05, 0) is 69.2 Å². The first-order chi connectivity index (χ1) is 17.5. The van der Waals surface area contributed by atoms with Crippen molar-refractivity contribution in [3.05, 3.63) is 57.0 Å². The molecule has 1 aromatic carbocycles. The maximum atomic E-state index is 13.0. The van der Waals surface area contributed by atoms with Crippen molar-refractivity contribution in [1.29, 1.82) is 0 Å². The van der Waals surface area contributed by atoms with Gasteiger partial charge in [0.25, 0.3) is 5.56 Å². The lowest BCUT2D eigenvalue weighted by Gasteiger charge is -2.23. The molecule has 3 aromatic rings. The normalized spacial score (nSPS) is 12.8. The molecular weight excluding hydrogens is 474 g/mol. The summed E-state index contributed by atoms with van der Waals surface area (Å²) in [5, 5.41) is 6.34. The first-order valence-electron chi connectivity index (χ1n) is 12.8. The van der Waals surface area contributed by atoms with Gasteiger partial charge < -0.3 is 15.5 Å². The number of fused-ring (bicyclic) bond motifs is 3. The number of aryl methyl sites for hydroxylation is 3. The molecule has 8 nitrogen and oxygen atoms in total. The summed E-state index contributed by atoms with van der Waals surface area (Å²) < 4.78 is 1.37. The summed E-state index contributed by atoms with van der Waals surface area (Å²) in [5.41, 5.74) is 3.39. The lowest BCUT2D eigenvalue weighted by Crippen LogP contribution is -2.35. The molecule has 0 spiro atoms. The predicted molar refractivity (Wildman–Crippen MR) is 145 cm³/mol. The molecule has 9 heteroatoms. The Morgan fingerprint density at radius 3 is 2.75 bits per heavy atom. The molecule has 2 heterocycles. The number of thiophene rings is 1. The molecule has 0 atom stereocenters. The van der Waals surface area contributed by atoms with Crippen molar-refractivity contribution in [2.75, 3.05) is 31.1 Å². The Morgan fingerprint density at radius 1 is 1.14 bits per heavy atom. The van der Waals surface area contributed by atoms with Crippen molar-refractivity contribution in [3.63, 3.8) is 0 Å². The van der Waals surface area contributed by atoms with E-state index in [1.54, 1.807) is 11.3 Å². The summed E-state index contributed by atoms with van der Waals surface area (Å²) in [4.78, 5) is 46.3. The van der Waals surface area contributed by atoms with Crippen LogP contribution < -0.4 is 21.1 Å². The van der Waals surface area contributed by atoms with Gasteiger partial charge in [0.1, 0.15) is 11.4 Å². The van der Waals surface area contributed by atoms with Crippen LogP contribution in [0.5, 0.6) is 0 Å². The van der Waals surface area contributed by atoms with Gasteiger partial charge in [0.2, 0.25) is 11.8 Å². The number of anilines is 1. The summed E-state index contributed by atoms with van der Waals surface area (Å²) in [6.45, 7) is 6.69. The number of hydrogen-bond donors (Lipinski definition) is 2. The fourth-order valence-corrected chi connectivity index (χ4v) is 5.92. The topological polar surface area (TPSA) is 96.3 Å². The highest BCUT2D eigenvalue weighted by atomic mass is 32.1. The number of nitrogens with zero attached hydrogens (tertiary/aromatic N) is 3. The number of amides is 2. The van der Waals surface area contributed by atoms with Gasteiger partial charge in [-0.2, -0.15) is 0 Å². The number of hydrogen-bond acceptors (Lipinski definition) is 6. The van der Waals surface area contributed by atoms with Crippen LogP contribution in [0.15, 0.2) is 35.4 Å². The minimum Gasteiger partial charge on any atom is -0.372 e. The molecule has 1 aliphatic carbocycles. The molecule has 192 valence electrons. The molecule has 0 fully saturated rings. The number of benzene rings is 1. The highest BCUT2D eigenvalue weighted by molar-refractivity contribution is 7.18. The van der Waals surface area contributed by atoms with Crippen LogP contribution in [0.4, 0.5) is 5.69 Å². The molecule has 0 saturated carbocycles. The zero-order valence-corrected chi connectivity index (χ0v) is 22.0. The van der Waals surface area contributed by atoms with E-state index in [0.29, 0.717) is 11.9 Å². The molecule has 2 aromatic heterocycles. The smallest absolute Gasteiger partial charge is 0.262 e. The SMILES string of the molecule is CCN(CCCNC(=O)CCNC(=O)Cn1cnc2sc3c(c2c1=O)CCCC3)c1cccc(C)c1. The number of rotatable bonds is 11. The van der Waals surface area contributed by atoms with Gasteiger partial charge in [-0.3, -0.25) is 19.0 Å². The maximum absolute atomic E-state index is 13.0. The van der Waals surface area contributed by atoms with Gasteiger partial charge in [0, 0.05) is 43.2 Å². The lowest BCUT2D eigenvalue weighted by molar-refractivity contribution is -0.122. The van der Waals surface area contributed by atoms with Crippen molar-refractivity contribution >= 4 is 39.1 Å². The standard InChI is InChI=1S/C27H35N5O3S/c1-3-31(20-9-6-8-19(2)16-20)15-7-13-28-23(33)12-14-29-24(34)17-32-18-30-26-25(27(32)35)21-10-4-5-11-22(21)36-26/h6,8-9,16,18H,3-5,7,10-15,17H2,1-2H3,(H,28,33)(H,29,34). The largest absolute Gasteiger partial charge is 0.372 e. The summed E-state index contributed by atoms with van der Waals surface area (Å²) >= 11 is 1.60. The number of carbonyl (C=O) groups is 2. The van der Waals surface area contributed by atoms with Gasteiger partial charge in [0.15, 0.2) is 0 Å². The third-order valence-electron chi connectivity index (χ3n) is 6.61. The van der Waals surface area contributed by atoms with Crippen molar-refractivity contribution in [1.82, 2.24) is 20.2 Å². The maximum Gasteiger partial charge on any atom is 0.262 e. The Labute approximate surface area is 215 Å². The highest BCUT2D eigenvalue weighted by Gasteiger charge is 2.20. The van der Waals surface area contributed by atoms with Crippen molar-refractivity contribution in [3.8, 4) is 0 Å². The van der Waals surface area contributed by atoms with Crippen LogP contribution in [0.2, 0.25) is 0 Å². The molecule has 0 bridgehead atoms. The second kappa shape index (κ2) is 12.2. The van der Waals surface area contributed by atoms with Gasteiger partial charge >= 0.3 is 0 Å². The van der Waals surface area contributed by atoms with Crippen LogP contribution in [0.1, 0.15) is 48.6 Å². The fraction of sp³-hybridized carbons (Fsp3) is 0.481. The Hall–Kier alpha value is -3.20. The molecule has 1 aliphatic rings. The molecule has 0 aliphatic heterocycles. The summed E-state index contributed by atoms with van der Waals surface area (Å²) in [5.74, 6) is -0.397. The van der Waals surface area contributed by atoms with Crippen LogP contribution in [0.25, 0.3) is 10.2 Å². The van der Waals surface area contributed by atoms with Gasteiger partial charge in [-0.1, -0.05) is 12.1 Å². The highest BCUT2D eigenvalue weighted by Crippen LogP contribution is 2.33. The Balaban J connectivity index is 1.18. The van der Waals surface area contributed by atoms with Gasteiger partial charge in [-0.25, -0.2) is 4.98 Å². The summed E-state index contributed by atoms with van der Waals surface area (Å²) in [6, 6.07) is 8.42. The molecule has 2 amide bonds. The summed E-state index contributed by atoms with van der Waals surface area (Å²) in [6.07, 6.45) is 6.63. The average Bonchev–Trinajstić information content (AvgIpc) is 3.25. The van der Waals surface area contributed by atoms with E-state index in [-0.39, 0.29) is 36.9 Å². The van der Waals surface area contributed by atoms with Crippen LogP contribution in [-0.4, -0.2) is 47.5 Å². The lowest BCUT2D eigenvalue weighted by atomic mass is 9.97. The van der Waals surface area contributed by atoms with Crippen molar-refractivity contribution in [2.45, 2.75) is 58.9 Å². The van der Waals surface area contributed by atoms with E-state index in [4.69, 9.17) is 0 Å². The van der Waals surface area contributed by atoms with E-state index >= 15 is 0 Å². The molecule has 0 radical (unpaired) electrons. The van der Waals surface area contributed by atoms with E-state index in [1.807, 2.05) is 0 Å². The predicted octanol–water partition coefficient (Wildman–Crippen LogP) is 3.18. The Morgan fingerprint density at radius 2 is 1.94 bits per heavy atom.